The van der Waals surface area contributed by atoms with Crippen molar-refractivity contribution in [3.05, 3.63) is 47.7 Å². The number of fused-ring (bicyclic) bond motifs is 1. The normalized spacial score (nSPS) is 11.3. The third-order valence-corrected chi connectivity index (χ3v) is 5.86. The zero-order valence-corrected chi connectivity index (χ0v) is 18.2. The number of anilines is 3. The molecule has 0 aliphatic heterocycles. The molecule has 12 heteroatoms. The average molecular weight is 466 g/mol. The van der Waals surface area contributed by atoms with Crippen molar-refractivity contribution in [3.63, 3.8) is 0 Å². The second-order valence-corrected chi connectivity index (χ2v) is 8.43. The molecule has 0 atom stereocenters. The van der Waals surface area contributed by atoms with Gasteiger partial charge in [0.05, 0.1) is 43.1 Å². The van der Waals surface area contributed by atoms with E-state index in [0.717, 1.165) is 19.2 Å². The minimum atomic E-state index is -3.82. The lowest BCUT2D eigenvalue weighted by Crippen LogP contribution is -2.17. The summed E-state index contributed by atoms with van der Waals surface area (Å²) in [4.78, 5) is 20.8. The number of hydrogen-bond acceptors (Lipinski definition) is 8. The molecule has 0 bridgehead atoms. The van der Waals surface area contributed by atoms with E-state index in [0.29, 0.717) is 11.9 Å². The van der Waals surface area contributed by atoms with Gasteiger partial charge in [0.1, 0.15) is 22.6 Å². The lowest BCUT2D eigenvalue weighted by Gasteiger charge is -2.16. The van der Waals surface area contributed by atoms with E-state index in [2.05, 4.69) is 20.0 Å². The van der Waals surface area contributed by atoms with Gasteiger partial charge in [-0.2, -0.15) is 0 Å². The van der Waals surface area contributed by atoms with E-state index in [1.54, 1.807) is 6.92 Å². The summed E-state index contributed by atoms with van der Waals surface area (Å²) in [5, 5.41) is 2.52. The first kappa shape index (κ1) is 23.1. The Kier molecular flexibility index (Phi) is 6.72. The SMILES string of the molecule is CCCS(=O)(=O)Nc1ccc(F)c(Nc2ccc3ncc(OC)nc3c2C(=O)OC)c1F. The van der Waals surface area contributed by atoms with Crippen molar-refractivity contribution in [2.24, 2.45) is 0 Å². The zero-order chi connectivity index (χ0) is 23.5. The minimum Gasteiger partial charge on any atom is -0.480 e. The predicted molar refractivity (Wildman–Crippen MR) is 115 cm³/mol. The van der Waals surface area contributed by atoms with Gasteiger partial charge >= 0.3 is 5.97 Å². The molecule has 9 nitrogen and oxygen atoms in total. The maximum atomic E-state index is 15.0. The van der Waals surface area contributed by atoms with E-state index in [1.165, 1.54) is 25.4 Å². The fourth-order valence-corrected chi connectivity index (χ4v) is 4.07. The number of aromatic nitrogens is 2. The molecule has 0 aliphatic rings. The van der Waals surface area contributed by atoms with Gasteiger partial charge in [-0.3, -0.25) is 4.72 Å². The van der Waals surface area contributed by atoms with Crippen molar-refractivity contribution >= 4 is 44.1 Å². The molecule has 0 saturated heterocycles. The number of benzene rings is 2. The number of methoxy groups -OCH3 is 2. The third kappa shape index (κ3) is 4.69. The number of carbonyl (C=O) groups is 1. The van der Waals surface area contributed by atoms with Gasteiger partial charge in [-0.15, -0.1) is 0 Å². The molecule has 2 aromatic carbocycles. The summed E-state index contributed by atoms with van der Waals surface area (Å²) in [6, 6.07) is 4.74. The fourth-order valence-electron chi connectivity index (χ4n) is 2.94. The van der Waals surface area contributed by atoms with E-state index in [-0.39, 0.29) is 28.4 Å². The van der Waals surface area contributed by atoms with Crippen molar-refractivity contribution in [2.75, 3.05) is 30.0 Å². The average Bonchev–Trinajstić information content (AvgIpc) is 2.77. The summed E-state index contributed by atoms with van der Waals surface area (Å²) in [6.07, 6.45) is 1.66. The highest BCUT2D eigenvalue weighted by Crippen LogP contribution is 2.33. The third-order valence-electron chi connectivity index (χ3n) is 4.38. The molecule has 0 amide bonds. The highest BCUT2D eigenvalue weighted by atomic mass is 32.2. The maximum absolute atomic E-state index is 15.0. The van der Waals surface area contributed by atoms with Crippen LogP contribution in [0.3, 0.4) is 0 Å². The van der Waals surface area contributed by atoms with Crippen LogP contribution in [-0.2, 0) is 14.8 Å². The molecule has 2 N–H and O–H groups in total. The second kappa shape index (κ2) is 9.30. The molecule has 1 aromatic heterocycles. The first-order valence-electron chi connectivity index (χ1n) is 9.38. The van der Waals surface area contributed by atoms with Crippen LogP contribution >= 0.6 is 0 Å². The summed E-state index contributed by atoms with van der Waals surface area (Å²) in [5.41, 5.74) is -0.864. The number of hydrogen-bond donors (Lipinski definition) is 2. The molecule has 0 spiro atoms. The van der Waals surface area contributed by atoms with Crippen LogP contribution in [0, 0.1) is 11.6 Å². The lowest BCUT2D eigenvalue weighted by molar-refractivity contribution is 0.0604. The molecular weight excluding hydrogens is 446 g/mol. The molecule has 170 valence electrons. The number of rotatable bonds is 8. The highest BCUT2D eigenvalue weighted by molar-refractivity contribution is 7.92. The summed E-state index contributed by atoms with van der Waals surface area (Å²) in [6.45, 7) is 1.65. The summed E-state index contributed by atoms with van der Waals surface area (Å²) >= 11 is 0. The van der Waals surface area contributed by atoms with Gasteiger partial charge in [0.2, 0.25) is 15.9 Å². The molecule has 0 unspecified atom stereocenters. The van der Waals surface area contributed by atoms with Crippen LogP contribution in [-0.4, -0.2) is 44.3 Å². The van der Waals surface area contributed by atoms with Gasteiger partial charge in [0.25, 0.3) is 0 Å². The largest absolute Gasteiger partial charge is 0.480 e. The Morgan fingerprint density at radius 2 is 1.84 bits per heavy atom. The van der Waals surface area contributed by atoms with Crippen molar-refractivity contribution in [3.8, 4) is 5.88 Å². The van der Waals surface area contributed by atoms with Crippen LogP contribution in [0.25, 0.3) is 11.0 Å². The van der Waals surface area contributed by atoms with Crippen LogP contribution in [0.5, 0.6) is 5.88 Å². The van der Waals surface area contributed by atoms with Crippen LogP contribution < -0.4 is 14.8 Å². The Hall–Kier alpha value is -3.54. The fraction of sp³-hybridized carbons (Fsp3) is 0.250. The zero-order valence-electron chi connectivity index (χ0n) is 17.4. The molecule has 32 heavy (non-hydrogen) atoms. The number of ether oxygens (including phenoxy) is 2. The smallest absolute Gasteiger partial charge is 0.342 e. The van der Waals surface area contributed by atoms with E-state index in [1.807, 2.05) is 0 Å². The van der Waals surface area contributed by atoms with E-state index in [9.17, 15) is 17.6 Å². The van der Waals surface area contributed by atoms with Gasteiger partial charge in [-0.1, -0.05) is 6.92 Å². The van der Waals surface area contributed by atoms with E-state index in [4.69, 9.17) is 9.47 Å². The molecule has 1 heterocycles. The Morgan fingerprint density at radius 3 is 2.50 bits per heavy atom. The molecule has 0 radical (unpaired) electrons. The van der Waals surface area contributed by atoms with Crippen molar-refractivity contribution < 1.29 is 31.5 Å². The van der Waals surface area contributed by atoms with E-state index >= 15 is 4.39 Å². The topological polar surface area (TPSA) is 120 Å². The monoisotopic (exact) mass is 466 g/mol. The Labute approximate surface area is 182 Å². The maximum Gasteiger partial charge on any atom is 0.342 e. The Bertz CT molecular complexity index is 1280. The molecule has 3 aromatic rings. The quantitative estimate of drug-likeness (QED) is 0.484. The van der Waals surface area contributed by atoms with Gasteiger partial charge in [0.15, 0.2) is 5.82 Å². The summed E-state index contributed by atoms with van der Waals surface area (Å²) < 4.78 is 65.5. The summed E-state index contributed by atoms with van der Waals surface area (Å²) in [7, 11) is -1.31. The van der Waals surface area contributed by atoms with Gasteiger partial charge in [0, 0.05) is 0 Å². The first-order chi connectivity index (χ1) is 15.2. The second-order valence-electron chi connectivity index (χ2n) is 6.59. The number of halogens is 2. The van der Waals surface area contributed by atoms with Crippen molar-refractivity contribution in [1.82, 2.24) is 9.97 Å². The molecule has 3 rings (SSSR count). The van der Waals surface area contributed by atoms with Crippen LogP contribution in [0.15, 0.2) is 30.5 Å². The lowest BCUT2D eigenvalue weighted by atomic mass is 10.1. The first-order valence-corrected chi connectivity index (χ1v) is 11.0. The van der Waals surface area contributed by atoms with Gasteiger partial charge in [-0.05, 0) is 30.7 Å². The standard InChI is InChI=1S/C20H20F2N4O5S/c1-4-9-32(28,29)26-13-6-5-11(21)18(17(13)22)24-12-7-8-14-19(16(12)20(27)31-3)25-15(30-2)10-23-14/h5-8,10,24,26H,4,9H2,1-3H3. The highest BCUT2D eigenvalue weighted by Gasteiger charge is 2.23. The Morgan fingerprint density at radius 1 is 1.12 bits per heavy atom. The number of carbonyl (C=O) groups excluding carboxylic acids is 1. The number of sulfonamides is 1. The van der Waals surface area contributed by atoms with Crippen molar-refractivity contribution in [2.45, 2.75) is 13.3 Å². The van der Waals surface area contributed by atoms with Crippen LogP contribution in [0.1, 0.15) is 23.7 Å². The van der Waals surface area contributed by atoms with Gasteiger partial charge < -0.3 is 14.8 Å². The molecule has 0 fully saturated rings. The van der Waals surface area contributed by atoms with Gasteiger partial charge in [-0.25, -0.2) is 32.0 Å². The number of esters is 1. The summed E-state index contributed by atoms with van der Waals surface area (Å²) in [5.74, 6) is -3.14. The molecule has 0 aliphatic carbocycles. The molecular formula is C20H20F2N4O5S. The van der Waals surface area contributed by atoms with Crippen molar-refractivity contribution in [1.29, 1.82) is 0 Å². The van der Waals surface area contributed by atoms with E-state index < -0.39 is 39.0 Å². The number of nitrogens with zero attached hydrogens (tertiary/aromatic N) is 2. The number of nitrogens with one attached hydrogen (secondary N) is 2. The minimum absolute atomic E-state index is 0.0294. The Balaban J connectivity index is 2.13. The molecule has 0 saturated carbocycles. The van der Waals surface area contributed by atoms with Crippen LogP contribution in [0.4, 0.5) is 25.8 Å². The van der Waals surface area contributed by atoms with Crippen LogP contribution in [0.2, 0.25) is 0 Å². The predicted octanol–water partition coefficient (Wildman–Crippen LogP) is 3.60.